The SMILES string of the molecule is COc1ccc(S(=O)(=O)N2Cc3occc3C[C@@H]2C(=O)NO)cc1. The Kier molecular flexibility index (Phi) is 4.31. The van der Waals surface area contributed by atoms with Crippen molar-refractivity contribution in [1.29, 1.82) is 0 Å². The molecule has 128 valence electrons. The molecule has 1 aliphatic heterocycles. The van der Waals surface area contributed by atoms with E-state index in [1.54, 1.807) is 6.07 Å². The lowest BCUT2D eigenvalue weighted by atomic mass is 10.0. The fourth-order valence-electron chi connectivity index (χ4n) is 2.68. The summed E-state index contributed by atoms with van der Waals surface area (Å²) in [6.45, 7) is -0.0885. The molecule has 0 saturated carbocycles. The molecule has 0 saturated heterocycles. The fourth-order valence-corrected chi connectivity index (χ4v) is 4.23. The minimum atomic E-state index is -3.97. The monoisotopic (exact) mass is 352 g/mol. The smallest absolute Gasteiger partial charge is 0.262 e. The molecule has 3 rings (SSSR count). The van der Waals surface area contributed by atoms with Gasteiger partial charge in [0.1, 0.15) is 17.6 Å². The first kappa shape index (κ1) is 16.5. The highest BCUT2D eigenvalue weighted by Crippen LogP contribution is 2.30. The number of hydroxylamine groups is 1. The Labute approximate surface area is 138 Å². The van der Waals surface area contributed by atoms with Crippen molar-refractivity contribution in [1.82, 2.24) is 9.79 Å². The van der Waals surface area contributed by atoms with E-state index in [9.17, 15) is 13.2 Å². The van der Waals surface area contributed by atoms with E-state index < -0.39 is 22.0 Å². The van der Waals surface area contributed by atoms with Crippen LogP contribution in [0.3, 0.4) is 0 Å². The van der Waals surface area contributed by atoms with Gasteiger partial charge in [0.25, 0.3) is 5.91 Å². The van der Waals surface area contributed by atoms with Crippen molar-refractivity contribution in [2.24, 2.45) is 0 Å². The zero-order chi connectivity index (χ0) is 17.3. The predicted octanol–water partition coefficient (Wildman–Crippen LogP) is 0.909. The first-order valence-electron chi connectivity index (χ1n) is 7.12. The van der Waals surface area contributed by atoms with E-state index in [2.05, 4.69) is 0 Å². The standard InChI is InChI=1S/C15H16N2O6S/c1-22-11-2-4-12(5-3-11)24(20,21)17-9-14-10(6-7-23-14)8-13(17)15(18)16-19/h2-7,13,19H,8-9H2,1H3,(H,16,18)/t13-/m1/s1. The molecule has 0 aliphatic carbocycles. The molecule has 0 bridgehead atoms. The Hall–Kier alpha value is -2.36. The number of sulfonamides is 1. The Balaban J connectivity index is 2.01. The number of carbonyl (C=O) groups excluding carboxylic acids is 1. The van der Waals surface area contributed by atoms with Gasteiger partial charge in [-0.2, -0.15) is 4.31 Å². The molecule has 2 N–H and O–H groups in total. The van der Waals surface area contributed by atoms with E-state index in [1.807, 2.05) is 0 Å². The van der Waals surface area contributed by atoms with Crippen LogP contribution in [0.1, 0.15) is 11.3 Å². The number of nitrogens with one attached hydrogen (secondary N) is 1. The lowest BCUT2D eigenvalue weighted by Crippen LogP contribution is -2.51. The number of amides is 1. The molecule has 1 aromatic heterocycles. The number of methoxy groups -OCH3 is 1. The van der Waals surface area contributed by atoms with Gasteiger partial charge in [-0.1, -0.05) is 0 Å². The highest BCUT2D eigenvalue weighted by Gasteiger charge is 2.40. The van der Waals surface area contributed by atoms with Crippen LogP contribution in [0.4, 0.5) is 0 Å². The van der Waals surface area contributed by atoms with Gasteiger partial charge in [-0.15, -0.1) is 0 Å². The summed E-state index contributed by atoms with van der Waals surface area (Å²) < 4.78 is 37.2. The summed E-state index contributed by atoms with van der Waals surface area (Å²) in [6, 6.07) is 6.48. The third kappa shape index (κ3) is 2.77. The summed E-state index contributed by atoms with van der Waals surface area (Å²) in [5, 5.41) is 8.95. The van der Waals surface area contributed by atoms with Gasteiger partial charge in [0.2, 0.25) is 10.0 Å². The van der Waals surface area contributed by atoms with Crippen LogP contribution in [0.2, 0.25) is 0 Å². The highest BCUT2D eigenvalue weighted by molar-refractivity contribution is 7.89. The molecule has 9 heteroatoms. The quantitative estimate of drug-likeness (QED) is 0.625. The molecule has 1 atom stereocenters. The number of hydrogen-bond acceptors (Lipinski definition) is 6. The number of fused-ring (bicyclic) bond motifs is 1. The van der Waals surface area contributed by atoms with E-state index >= 15 is 0 Å². The van der Waals surface area contributed by atoms with E-state index in [-0.39, 0.29) is 17.9 Å². The number of hydrogen-bond donors (Lipinski definition) is 2. The van der Waals surface area contributed by atoms with Crippen molar-refractivity contribution >= 4 is 15.9 Å². The van der Waals surface area contributed by atoms with E-state index in [1.165, 1.54) is 43.1 Å². The van der Waals surface area contributed by atoms with Gasteiger partial charge in [-0.25, -0.2) is 13.9 Å². The normalized spacial score (nSPS) is 18.0. The molecule has 2 heterocycles. The van der Waals surface area contributed by atoms with Crippen LogP contribution in [-0.2, 0) is 27.8 Å². The molecule has 0 unspecified atom stereocenters. The second-order valence-corrected chi connectivity index (χ2v) is 7.18. The van der Waals surface area contributed by atoms with E-state index in [0.29, 0.717) is 11.5 Å². The number of furan rings is 1. The minimum absolute atomic E-state index is 0.0223. The summed E-state index contributed by atoms with van der Waals surface area (Å²) in [5.41, 5.74) is 2.27. The maximum Gasteiger partial charge on any atom is 0.262 e. The van der Waals surface area contributed by atoms with Crippen molar-refractivity contribution < 1.29 is 27.6 Å². The summed E-state index contributed by atoms with van der Waals surface area (Å²) in [5.74, 6) is 0.207. The lowest BCUT2D eigenvalue weighted by molar-refractivity contribution is -0.133. The Bertz CT molecular complexity index is 843. The van der Waals surface area contributed by atoms with Crippen LogP contribution in [0.25, 0.3) is 0 Å². The summed E-state index contributed by atoms with van der Waals surface area (Å²) in [7, 11) is -2.49. The summed E-state index contributed by atoms with van der Waals surface area (Å²) in [6.07, 6.45) is 1.57. The minimum Gasteiger partial charge on any atom is -0.497 e. The number of ether oxygens (including phenoxy) is 1. The fraction of sp³-hybridized carbons (Fsp3) is 0.267. The average molecular weight is 352 g/mol. The van der Waals surface area contributed by atoms with Gasteiger partial charge in [0.15, 0.2) is 0 Å². The van der Waals surface area contributed by atoms with Gasteiger partial charge in [-0.05, 0) is 35.9 Å². The first-order valence-corrected chi connectivity index (χ1v) is 8.56. The molecule has 0 radical (unpaired) electrons. The predicted molar refractivity (Wildman–Crippen MR) is 81.9 cm³/mol. The van der Waals surface area contributed by atoms with E-state index in [0.717, 1.165) is 9.87 Å². The van der Waals surface area contributed by atoms with Crippen molar-refractivity contribution in [2.45, 2.75) is 23.9 Å². The zero-order valence-electron chi connectivity index (χ0n) is 12.8. The van der Waals surface area contributed by atoms with Crippen LogP contribution in [0, 0.1) is 0 Å². The highest BCUT2D eigenvalue weighted by atomic mass is 32.2. The molecule has 24 heavy (non-hydrogen) atoms. The molecule has 1 aliphatic rings. The van der Waals surface area contributed by atoms with Gasteiger partial charge >= 0.3 is 0 Å². The summed E-state index contributed by atoms with van der Waals surface area (Å²) in [4.78, 5) is 12.0. The Morgan fingerprint density at radius 1 is 1.33 bits per heavy atom. The molecule has 0 spiro atoms. The lowest BCUT2D eigenvalue weighted by Gasteiger charge is -2.32. The Morgan fingerprint density at radius 3 is 2.67 bits per heavy atom. The van der Waals surface area contributed by atoms with Crippen LogP contribution in [0.15, 0.2) is 45.9 Å². The number of rotatable bonds is 4. The molecular formula is C15H16N2O6S. The van der Waals surface area contributed by atoms with Gasteiger partial charge < -0.3 is 9.15 Å². The molecule has 1 aromatic carbocycles. The molecule has 0 fully saturated rings. The van der Waals surface area contributed by atoms with Crippen molar-refractivity contribution in [3.8, 4) is 5.75 Å². The van der Waals surface area contributed by atoms with Crippen LogP contribution >= 0.6 is 0 Å². The third-order valence-corrected chi connectivity index (χ3v) is 5.85. The largest absolute Gasteiger partial charge is 0.497 e. The van der Waals surface area contributed by atoms with Crippen LogP contribution < -0.4 is 10.2 Å². The molecule has 8 nitrogen and oxygen atoms in total. The Morgan fingerprint density at radius 2 is 2.04 bits per heavy atom. The second kappa shape index (κ2) is 6.27. The van der Waals surface area contributed by atoms with E-state index in [4.69, 9.17) is 14.4 Å². The molecule has 1 amide bonds. The van der Waals surface area contributed by atoms with Crippen LogP contribution in [0.5, 0.6) is 5.75 Å². The van der Waals surface area contributed by atoms with Crippen molar-refractivity contribution in [3.63, 3.8) is 0 Å². The first-order chi connectivity index (χ1) is 11.5. The number of nitrogens with zero attached hydrogens (tertiary/aromatic N) is 1. The topological polar surface area (TPSA) is 109 Å². The van der Waals surface area contributed by atoms with Gasteiger partial charge in [0.05, 0.1) is 24.8 Å². The summed E-state index contributed by atoms with van der Waals surface area (Å²) >= 11 is 0. The number of carbonyl (C=O) groups is 1. The average Bonchev–Trinajstić information content (AvgIpc) is 3.07. The van der Waals surface area contributed by atoms with Crippen molar-refractivity contribution in [3.05, 3.63) is 47.9 Å². The maximum atomic E-state index is 12.9. The second-order valence-electron chi connectivity index (χ2n) is 5.29. The van der Waals surface area contributed by atoms with Crippen molar-refractivity contribution in [2.75, 3.05) is 7.11 Å². The van der Waals surface area contributed by atoms with Gasteiger partial charge in [0, 0.05) is 6.42 Å². The maximum absolute atomic E-state index is 12.9. The molecule has 2 aromatic rings. The van der Waals surface area contributed by atoms with Crippen LogP contribution in [-0.4, -0.2) is 37.0 Å². The number of benzene rings is 1. The zero-order valence-corrected chi connectivity index (χ0v) is 13.6. The third-order valence-electron chi connectivity index (χ3n) is 3.98. The molecular weight excluding hydrogens is 336 g/mol. The van der Waals surface area contributed by atoms with Gasteiger partial charge in [-0.3, -0.25) is 10.0 Å².